The van der Waals surface area contributed by atoms with Crippen molar-refractivity contribution in [1.82, 2.24) is 14.9 Å². The lowest BCUT2D eigenvalue weighted by Crippen LogP contribution is -2.51. The highest BCUT2D eigenvalue weighted by Gasteiger charge is 2.48. The molecule has 7 nitrogen and oxygen atoms in total. The summed E-state index contributed by atoms with van der Waals surface area (Å²) in [5.41, 5.74) is 10.5. The zero-order chi connectivity index (χ0) is 21.0. The van der Waals surface area contributed by atoms with Crippen LogP contribution in [0.25, 0.3) is 0 Å². The topological polar surface area (TPSA) is 79.9 Å². The van der Waals surface area contributed by atoms with Crippen LogP contribution in [0.15, 0.2) is 29.3 Å². The van der Waals surface area contributed by atoms with E-state index in [1.807, 2.05) is 18.2 Å². The number of para-hydroxylation sites is 1. The van der Waals surface area contributed by atoms with E-state index in [4.69, 9.17) is 25.4 Å². The van der Waals surface area contributed by atoms with Gasteiger partial charge in [0.05, 0.1) is 24.0 Å². The summed E-state index contributed by atoms with van der Waals surface area (Å²) in [7, 11) is 0. The largest absolute Gasteiger partial charge is 0.485 e. The number of rotatable bonds is 1. The van der Waals surface area contributed by atoms with Crippen molar-refractivity contribution >= 4 is 24.1 Å². The van der Waals surface area contributed by atoms with Crippen molar-refractivity contribution in [1.29, 1.82) is 0 Å². The van der Waals surface area contributed by atoms with Gasteiger partial charge in [0.25, 0.3) is 0 Å². The fraction of sp³-hybridized carbons (Fsp3) is 0.542. The van der Waals surface area contributed by atoms with Crippen LogP contribution < -0.4 is 15.4 Å². The molecule has 170 valence electrons. The second kappa shape index (κ2) is 8.19. The third kappa shape index (κ3) is 3.33. The number of anilines is 1. The lowest BCUT2D eigenvalue weighted by Gasteiger charge is -2.41. The van der Waals surface area contributed by atoms with Gasteiger partial charge in [-0.05, 0) is 32.3 Å². The average molecular weight is 455 g/mol. The molecule has 0 bridgehead atoms. The van der Waals surface area contributed by atoms with E-state index in [9.17, 15) is 0 Å². The lowest BCUT2D eigenvalue weighted by atomic mass is 9.83. The van der Waals surface area contributed by atoms with Crippen molar-refractivity contribution in [3.63, 3.8) is 0 Å². The molecule has 0 amide bonds. The summed E-state index contributed by atoms with van der Waals surface area (Å²) in [4.78, 5) is 19.6. The van der Waals surface area contributed by atoms with Gasteiger partial charge in [-0.1, -0.05) is 18.2 Å². The summed E-state index contributed by atoms with van der Waals surface area (Å²) < 4.78 is 6.41. The fourth-order valence-electron chi connectivity index (χ4n) is 5.62. The van der Waals surface area contributed by atoms with Gasteiger partial charge >= 0.3 is 0 Å². The molecule has 1 aromatic heterocycles. The Hall–Kier alpha value is -2.38. The SMILES string of the molecule is Cc1nc2c(nc1N1CCC3(CC1)Oc1ccccc1[C@H]3N)CN=C2N1CCCCC1.Cl. The number of aliphatic imine (C=N–C) groups is 1. The van der Waals surface area contributed by atoms with Gasteiger partial charge in [0.1, 0.15) is 22.9 Å². The number of aryl methyl sites for hydroxylation is 1. The molecule has 2 saturated heterocycles. The number of hydrogen-bond donors (Lipinski definition) is 1. The second-order valence-corrected chi connectivity index (χ2v) is 9.28. The smallest absolute Gasteiger partial charge is 0.152 e. The van der Waals surface area contributed by atoms with Crippen molar-refractivity contribution in [2.24, 2.45) is 10.7 Å². The van der Waals surface area contributed by atoms with E-state index in [-0.39, 0.29) is 24.0 Å². The van der Waals surface area contributed by atoms with E-state index in [0.29, 0.717) is 6.54 Å². The van der Waals surface area contributed by atoms with E-state index in [1.165, 1.54) is 19.3 Å². The van der Waals surface area contributed by atoms with E-state index in [2.05, 4.69) is 22.8 Å². The van der Waals surface area contributed by atoms with Crippen molar-refractivity contribution < 1.29 is 4.74 Å². The fourth-order valence-corrected chi connectivity index (χ4v) is 5.62. The highest BCUT2D eigenvalue weighted by atomic mass is 35.5. The molecular formula is C24H31ClN6O. The zero-order valence-electron chi connectivity index (χ0n) is 18.6. The number of ether oxygens (including phenoxy) is 1. The molecule has 0 aliphatic carbocycles. The van der Waals surface area contributed by atoms with Gasteiger partial charge in [-0.25, -0.2) is 9.97 Å². The Kier molecular flexibility index (Phi) is 5.50. The van der Waals surface area contributed by atoms with Crippen LogP contribution in [0.2, 0.25) is 0 Å². The molecule has 0 radical (unpaired) electrons. The first-order valence-corrected chi connectivity index (χ1v) is 11.6. The molecule has 1 atom stereocenters. The number of halogens is 1. The maximum absolute atomic E-state index is 6.64. The first kappa shape index (κ1) is 21.5. The van der Waals surface area contributed by atoms with Gasteiger partial charge in [0.15, 0.2) is 5.84 Å². The van der Waals surface area contributed by atoms with Crippen molar-refractivity contribution in [2.45, 2.75) is 57.2 Å². The number of piperidine rings is 2. The van der Waals surface area contributed by atoms with Gasteiger partial charge in [-0.2, -0.15) is 0 Å². The highest BCUT2D eigenvalue weighted by molar-refractivity contribution is 6.00. The van der Waals surface area contributed by atoms with Gasteiger partial charge in [0.2, 0.25) is 0 Å². The predicted molar refractivity (Wildman–Crippen MR) is 128 cm³/mol. The average Bonchev–Trinajstić information content (AvgIpc) is 3.33. The molecule has 2 N–H and O–H groups in total. The number of hydrogen-bond acceptors (Lipinski definition) is 7. The van der Waals surface area contributed by atoms with E-state index in [1.54, 1.807) is 0 Å². The third-order valence-electron chi connectivity index (χ3n) is 7.41. The lowest BCUT2D eigenvalue weighted by molar-refractivity contribution is 0.0430. The Labute approximate surface area is 195 Å². The summed E-state index contributed by atoms with van der Waals surface area (Å²) in [6.07, 6.45) is 5.56. The molecular weight excluding hydrogens is 424 g/mol. The maximum Gasteiger partial charge on any atom is 0.152 e. The van der Waals surface area contributed by atoms with E-state index < -0.39 is 0 Å². The van der Waals surface area contributed by atoms with Crippen LogP contribution in [-0.4, -0.2) is 52.5 Å². The standard InChI is InChI=1S/C24H30N6O.ClH/c1-16-22(28-18-15-26-23(20(18)27-16)29-11-5-2-6-12-29)30-13-9-24(10-14-30)21(25)17-7-3-4-8-19(17)31-24;/h3-4,7-8,21H,2,5-6,9-15,25H2,1H3;1H/t21-;/m1./s1. The number of nitrogens with zero attached hydrogens (tertiary/aromatic N) is 5. The number of aromatic nitrogens is 2. The Balaban J connectivity index is 0.00000216. The predicted octanol–water partition coefficient (Wildman–Crippen LogP) is 3.38. The summed E-state index contributed by atoms with van der Waals surface area (Å²) in [5.74, 6) is 2.99. The van der Waals surface area contributed by atoms with E-state index in [0.717, 1.165) is 79.1 Å². The Morgan fingerprint density at radius 3 is 2.50 bits per heavy atom. The maximum atomic E-state index is 6.64. The van der Waals surface area contributed by atoms with Crippen molar-refractivity contribution in [3.05, 3.63) is 46.9 Å². The van der Waals surface area contributed by atoms with Gasteiger partial charge in [-0.3, -0.25) is 4.99 Å². The molecule has 6 rings (SSSR count). The first-order chi connectivity index (χ1) is 15.1. The van der Waals surface area contributed by atoms with Crippen LogP contribution in [0.3, 0.4) is 0 Å². The minimum atomic E-state index is -0.303. The highest BCUT2D eigenvalue weighted by Crippen LogP contribution is 2.47. The van der Waals surface area contributed by atoms with Crippen LogP contribution in [-0.2, 0) is 6.54 Å². The molecule has 1 spiro atoms. The molecule has 8 heteroatoms. The Morgan fingerprint density at radius 2 is 1.75 bits per heavy atom. The van der Waals surface area contributed by atoms with E-state index >= 15 is 0 Å². The van der Waals surface area contributed by atoms with Crippen molar-refractivity contribution in [3.8, 4) is 5.75 Å². The first-order valence-electron chi connectivity index (χ1n) is 11.6. The molecule has 4 aliphatic heterocycles. The number of fused-ring (bicyclic) bond motifs is 2. The normalized spacial score (nSPS) is 23.3. The quantitative estimate of drug-likeness (QED) is 0.711. The monoisotopic (exact) mass is 454 g/mol. The Morgan fingerprint density at radius 1 is 1.00 bits per heavy atom. The molecule has 4 aliphatic rings. The molecule has 2 aromatic rings. The number of likely N-dealkylation sites (tertiary alicyclic amines) is 1. The van der Waals surface area contributed by atoms with Crippen LogP contribution in [0.4, 0.5) is 5.82 Å². The van der Waals surface area contributed by atoms with Crippen LogP contribution >= 0.6 is 12.4 Å². The van der Waals surface area contributed by atoms with Gasteiger partial charge in [0, 0.05) is 44.6 Å². The number of benzene rings is 1. The molecule has 0 saturated carbocycles. The van der Waals surface area contributed by atoms with Crippen LogP contribution in [0.1, 0.15) is 60.8 Å². The minimum Gasteiger partial charge on any atom is -0.485 e. The van der Waals surface area contributed by atoms with Crippen LogP contribution in [0, 0.1) is 6.92 Å². The number of nitrogens with two attached hydrogens (primary N) is 1. The van der Waals surface area contributed by atoms with Gasteiger partial charge < -0.3 is 20.3 Å². The van der Waals surface area contributed by atoms with Crippen LogP contribution in [0.5, 0.6) is 5.75 Å². The van der Waals surface area contributed by atoms with Gasteiger partial charge in [-0.15, -0.1) is 12.4 Å². The minimum absolute atomic E-state index is 0. The summed E-state index contributed by atoms with van der Waals surface area (Å²) in [6, 6.07) is 8.12. The second-order valence-electron chi connectivity index (χ2n) is 9.28. The molecule has 32 heavy (non-hydrogen) atoms. The summed E-state index contributed by atoms with van der Waals surface area (Å²) in [5, 5.41) is 0. The Bertz CT molecular complexity index is 1040. The zero-order valence-corrected chi connectivity index (χ0v) is 19.4. The third-order valence-corrected chi connectivity index (χ3v) is 7.41. The summed E-state index contributed by atoms with van der Waals surface area (Å²) in [6.45, 7) is 6.62. The van der Waals surface area contributed by atoms with Crippen molar-refractivity contribution in [2.75, 3.05) is 31.1 Å². The molecule has 0 unspecified atom stereocenters. The molecule has 1 aromatic carbocycles. The summed E-state index contributed by atoms with van der Waals surface area (Å²) >= 11 is 0. The number of amidine groups is 1. The molecule has 2 fully saturated rings. The molecule has 5 heterocycles.